The minimum atomic E-state index is -0.133. The summed E-state index contributed by atoms with van der Waals surface area (Å²) in [6.45, 7) is 5.00. The predicted molar refractivity (Wildman–Crippen MR) is 92.5 cm³/mol. The maximum absolute atomic E-state index is 12.4. The first kappa shape index (κ1) is 16.8. The van der Waals surface area contributed by atoms with Crippen LogP contribution in [0.3, 0.4) is 0 Å². The van der Waals surface area contributed by atoms with Crippen molar-refractivity contribution in [3.8, 4) is 0 Å². The SMILES string of the molecule is O=C(Nc1cccc(Cl)c1Cl)N1CCN(CC2CCCO2)CC1. The molecule has 2 aliphatic rings. The lowest BCUT2D eigenvalue weighted by Gasteiger charge is -2.35. The number of rotatable bonds is 3. The summed E-state index contributed by atoms with van der Waals surface area (Å²) >= 11 is 12.1. The summed E-state index contributed by atoms with van der Waals surface area (Å²) in [5, 5.41) is 3.65. The van der Waals surface area contributed by atoms with Gasteiger partial charge in [-0.05, 0) is 25.0 Å². The van der Waals surface area contributed by atoms with Crippen LogP contribution < -0.4 is 5.32 Å². The van der Waals surface area contributed by atoms with Crippen molar-refractivity contribution in [2.45, 2.75) is 18.9 Å². The van der Waals surface area contributed by atoms with Crippen molar-refractivity contribution in [3.63, 3.8) is 0 Å². The molecule has 23 heavy (non-hydrogen) atoms. The fourth-order valence-electron chi connectivity index (χ4n) is 3.00. The number of halogens is 2. The average molecular weight is 358 g/mol. The van der Waals surface area contributed by atoms with Gasteiger partial charge in [0.15, 0.2) is 0 Å². The topological polar surface area (TPSA) is 44.8 Å². The number of nitrogens with zero attached hydrogens (tertiary/aromatic N) is 2. The van der Waals surface area contributed by atoms with Crippen molar-refractivity contribution in [1.29, 1.82) is 0 Å². The number of urea groups is 1. The molecule has 0 aromatic heterocycles. The molecule has 2 saturated heterocycles. The zero-order valence-corrected chi connectivity index (χ0v) is 14.4. The lowest BCUT2D eigenvalue weighted by molar-refractivity contribution is 0.0572. The lowest BCUT2D eigenvalue weighted by Crippen LogP contribution is -2.51. The highest BCUT2D eigenvalue weighted by Gasteiger charge is 2.25. The second-order valence-corrected chi connectivity index (χ2v) is 6.74. The first-order chi connectivity index (χ1) is 11.1. The summed E-state index contributed by atoms with van der Waals surface area (Å²) in [6, 6.07) is 5.08. The number of carbonyl (C=O) groups excluding carboxylic acids is 1. The van der Waals surface area contributed by atoms with Gasteiger partial charge in [0, 0.05) is 39.3 Å². The van der Waals surface area contributed by atoms with Crippen LogP contribution in [-0.4, -0.2) is 61.3 Å². The Bertz CT molecular complexity index is 556. The molecule has 2 fully saturated rings. The highest BCUT2D eigenvalue weighted by molar-refractivity contribution is 6.43. The molecule has 1 aromatic rings. The van der Waals surface area contributed by atoms with Gasteiger partial charge in [-0.1, -0.05) is 29.3 Å². The van der Waals surface area contributed by atoms with Gasteiger partial charge in [-0.3, -0.25) is 4.90 Å². The summed E-state index contributed by atoms with van der Waals surface area (Å²) in [5.41, 5.74) is 0.547. The minimum absolute atomic E-state index is 0.133. The maximum atomic E-state index is 12.4. The van der Waals surface area contributed by atoms with E-state index in [1.807, 2.05) is 4.90 Å². The first-order valence-corrected chi connectivity index (χ1v) is 8.73. The van der Waals surface area contributed by atoms with Gasteiger partial charge >= 0.3 is 6.03 Å². The number of anilines is 1. The van der Waals surface area contributed by atoms with Crippen molar-refractivity contribution in [1.82, 2.24) is 9.80 Å². The molecule has 1 N–H and O–H groups in total. The van der Waals surface area contributed by atoms with Gasteiger partial charge in [0.1, 0.15) is 0 Å². The van der Waals surface area contributed by atoms with E-state index in [4.69, 9.17) is 27.9 Å². The Kier molecular flexibility index (Phi) is 5.64. The molecule has 1 atom stereocenters. The molecule has 3 rings (SSSR count). The molecule has 2 heterocycles. The molecule has 126 valence electrons. The van der Waals surface area contributed by atoms with Gasteiger partial charge in [-0.2, -0.15) is 0 Å². The third-order valence-electron chi connectivity index (χ3n) is 4.34. The minimum Gasteiger partial charge on any atom is -0.377 e. The van der Waals surface area contributed by atoms with Crippen molar-refractivity contribution in [3.05, 3.63) is 28.2 Å². The Balaban J connectivity index is 1.49. The van der Waals surface area contributed by atoms with Crippen molar-refractivity contribution in [2.75, 3.05) is 44.6 Å². The standard InChI is InChI=1S/C16H21Cl2N3O2/c17-13-4-1-5-14(15(13)18)19-16(22)21-8-6-20(7-9-21)11-12-3-2-10-23-12/h1,4-5,12H,2-3,6-11H2,(H,19,22). The fourth-order valence-corrected chi connectivity index (χ4v) is 3.35. The van der Waals surface area contributed by atoms with Crippen molar-refractivity contribution in [2.24, 2.45) is 0 Å². The fraction of sp³-hybridized carbons (Fsp3) is 0.562. The van der Waals surface area contributed by atoms with Crippen LogP contribution in [0.5, 0.6) is 0 Å². The molecule has 0 radical (unpaired) electrons. The van der Waals surface area contributed by atoms with Crippen LogP contribution in [-0.2, 0) is 4.74 Å². The molecule has 2 aliphatic heterocycles. The largest absolute Gasteiger partial charge is 0.377 e. The molecule has 0 bridgehead atoms. The second-order valence-electron chi connectivity index (χ2n) is 5.95. The van der Waals surface area contributed by atoms with Crippen LogP contribution in [0.2, 0.25) is 10.0 Å². The van der Waals surface area contributed by atoms with E-state index in [0.29, 0.717) is 34.9 Å². The quantitative estimate of drug-likeness (QED) is 0.902. The van der Waals surface area contributed by atoms with Crippen LogP contribution in [0.15, 0.2) is 18.2 Å². The zero-order valence-electron chi connectivity index (χ0n) is 12.9. The molecular formula is C16H21Cl2N3O2. The molecule has 7 heteroatoms. The van der Waals surface area contributed by atoms with Crippen molar-refractivity contribution < 1.29 is 9.53 Å². The zero-order chi connectivity index (χ0) is 16.2. The molecule has 0 saturated carbocycles. The maximum Gasteiger partial charge on any atom is 0.321 e. The number of nitrogens with one attached hydrogen (secondary N) is 1. The molecule has 5 nitrogen and oxygen atoms in total. The molecule has 2 amide bonds. The third kappa shape index (κ3) is 4.29. The van der Waals surface area contributed by atoms with E-state index in [-0.39, 0.29) is 6.03 Å². The number of hydrogen-bond acceptors (Lipinski definition) is 3. The molecule has 1 aromatic carbocycles. The van der Waals surface area contributed by atoms with Gasteiger partial charge in [0.05, 0.1) is 21.8 Å². The van der Waals surface area contributed by atoms with Gasteiger partial charge in [-0.25, -0.2) is 4.79 Å². The number of ether oxygens (including phenoxy) is 1. The van der Waals surface area contributed by atoms with Gasteiger partial charge in [-0.15, -0.1) is 0 Å². The molecule has 0 aliphatic carbocycles. The van der Waals surface area contributed by atoms with E-state index < -0.39 is 0 Å². The summed E-state index contributed by atoms with van der Waals surface area (Å²) in [6.07, 6.45) is 2.67. The van der Waals surface area contributed by atoms with E-state index in [1.54, 1.807) is 18.2 Å². The third-order valence-corrected chi connectivity index (χ3v) is 5.16. The smallest absolute Gasteiger partial charge is 0.321 e. The second kappa shape index (κ2) is 7.71. The lowest BCUT2D eigenvalue weighted by atomic mass is 10.2. The van der Waals surface area contributed by atoms with E-state index >= 15 is 0 Å². The van der Waals surface area contributed by atoms with Crippen LogP contribution in [0.25, 0.3) is 0 Å². The van der Waals surface area contributed by atoms with Crippen LogP contribution in [0.4, 0.5) is 10.5 Å². The summed E-state index contributed by atoms with van der Waals surface area (Å²) < 4.78 is 5.67. The summed E-state index contributed by atoms with van der Waals surface area (Å²) in [4.78, 5) is 16.5. The van der Waals surface area contributed by atoms with E-state index in [9.17, 15) is 4.79 Å². The Labute approximate surface area is 146 Å². The number of piperazine rings is 1. The van der Waals surface area contributed by atoms with Gasteiger partial charge in [0.2, 0.25) is 0 Å². The summed E-state index contributed by atoms with van der Waals surface area (Å²) in [7, 11) is 0. The molecule has 0 spiro atoms. The number of hydrogen-bond donors (Lipinski definition) is 1. The highest BCUT2D eigenvalue weighted by atomic mass is 35.5. The van der Waals surface area contributed by atoms with Crippen molar-refractivity contribution >= 4 is 34.9 Å². The van der Waals surface area contributed by atoms with E-state index in [0.717, 1.165) is 39.1 Å². The first-order valence-electron chi connectivity index (χ1n) is 7.97. The van der Waals surface area contributed by atoms with Crippen LogP contribution in [0.1, 0.15) is 12.8 Å². The predicted octanol–water partition coefficient (Wildman–Crippen LogP) is 3.32. The molecule has 1 unspecified atom stereocenters. The molecular weight excluding hydrogens is 337 g/mol. The number of amides is 2. The normalized spacial score (nSPS) is 22.3. The number of carbonyl (C=O) groups is 1. The van der Waals surface area contributed by atoms with Crippen LogP contribution in [0, 0.1) is 0 Å². The van der Waals surface area contributed by atoms with Gasteiger partial charge in [0.25, 0.3) is 0 Å². The van der Waals surface area contributed by atoms with E-state index in [1.165, 1.54) is 0 Å². The van der Waals surface area contributed by atoms with Gasteiger partial charge < -0.3 is 15.0 Å². The number of benzene rings is 1. The monoisotopic (exact) mass is 357 g/mol. The van der Waals surface area contributed by atoms with Crippen LogP contribution >= 0.6 is 23.2 Å². The summed E-state index contributed by atoms with van der Waals surface area (Å²) in [5.74, 6) is 0. The average Bonchev–Trinajstić information content (AvgIpc) is 3.05. The Morgan fingerprint density at radius 2 is 2.04 bits per heavy atom. The Morgan fingerprint density at radius 3 is 2.74 bits per heavy atom. The Hall–Kier alpha value is -1.01. The van der Waals surface area contributed by atoms with E-state index in [2.05, 4.69) is 10.2 Å². The highest BCUT2D eigenvalue weighted by Crippen LogP contribution is 2.29. The Morgan fingerprint density at radius 1 is 1.26 bits per heavy atom.